The van der Waals surface area contributed by atoms with Gasteiger partial charge in [0.25, 0.3) is 0 Å². The van der Waals surface area contributed by atoms with Crippen molar-refractivity contribution in [3.05, 3.63) is 58.8 Å². The Bertz CT molecular complexity index is 1130. The highest BCUT2D eigenvalue weighted by Gasteiger charge is 2.34. The Kier molecular flexibility index (Phi) is 2.92. The van der Waals surface area contributed by atoms with Gasteiger partial charge < -0.3 is 4.98 Å². The first-order chi connectivity index (χ1) is 11.4. The number of fused-ring (bicyclic) bond motifs is 3. The summed E-state index contributed by atoms with van der Waals surface area (Å²) in [6.45, 7) is 0. The SMILES string of the molecule is O=c1[nH]c2ccccc2c2nc(-c3cnccc3C(F)(F)F)nn12. The number of aromatic amines is 1. The quantitative estimate of drug-likeness (QED) is 0.582. The van der Waals surface area contributed by atoms with E-state index >= 15 is 0 Å². The number of hydrogen-bond acceptors (Lipinski definition) is 4. The van der Waals surface area contributed by atoms with Crippen LogP contribution in [0.2, 0.25) is 0 Å². The van der Waals surface area contributed by atoms with Crippen molar-refractivity contribution in [3.8, 4) is 11.4 Å². The summed E-state index contributed by atoms with van der Waals surface area (Å²) in [5.74, 6) is -0.211. The fourth-order valence-corrected chi connectivity index (χ4v) is 2.52. The molecular formula is C15H8F3N5O. The Morgan fingerprint density at radius 3 is 2.71 bits per heavy atom. The number of H-pyrrole nitrogens is 1. The van der Waals surface area contributed by atoms with Crippen molar-refractivity contribution >= 4 is 16.6 Å². The van der Waals surface area contributed by atoms with Gasteiger partial charge in [-0.05, 0) is 18.2 Å². The normalized spacial score (nSPS) is 12.1. The summed E-state index contributed by atoms with van der Waals surface area (Å²) in [7, 11) is 0. The zero-order valence-corrected chi connectivity index (χ0v) is 11.9. The highest BCUT2D eigenvalue weighted by molar-refractivity contribution is 5.91. The molecule has 0 aliphatic rings. The Labute approximate surface area is 131 Å². The minimum Gasteiger partial charge on any atom is -0.305 e. The summed E-state index contributed by atoms with van der Waals surface area (Å²) in [4.78, 5) is 22.5. The Morgan fingerprint density at radius 2 is 1.92 bits per heavy atom. The lowest BCUT2D eigenvalue weighted by Gasteiger charge is -2.09. The number of nitrogens with zero attached hydrogens (tertiary/aromatic N) is 4. The molecule has 0 fully saturated rings. The number of nitrogens with one attached hydrogen (secondary N) is 1. The van der Waals surface area contributed by atoms with Crippen LogP contribution in [0.4, 0.5) is 13.2 Å². The van der Waals surface area contributed by atoms with Crippen molar-refractivity contribution in [3.63, 3.8) is 0 Å². The second-order valence-corrected chi connectivity index (χ2v) is 5.07. The highest BCUT2D eigenvalue weighted by atomic mass is 19.4. The van der Waals surface area contributed by atoms with Gasteiger partial charge in [-0.25, -0.2) is 9.78 Å². The molecule has 0 saturated carbocycles. The molecule has 4 rings (SSSR count). The lowest BCUT2D eigenvalue weighted by molar-refractivity contribution is -0.137. The molecule has 0 saturated heterocycles. The number of pyridine rings is 1. The van der Waals surface area contributed by atoms with Crippen molar-refractivity contribution in [1.82, 2.24) is 24.6 Å². The van der Waals surface area contributed by atoms with Crippen LogP contribution in [0.1, 0.15) is 5.56 Å². The number of para-hydroxylation sites is 1. The number of benzene rings is 1. The first kappa shape index (κ1) is 14.4. The maximum Gasteiger partial charge on any atom is 0.417 e. The molecule has 9 heteroatoms. The van der Waals surface area contributed by atoms with Crippen molar-refractivity contribution in [2.45, 2.75) is 6.18 Å². The summed E-state index contributed by atoms with van der Waals surface area (Å²) >= 11 is 0. The number of aromatic nitrogens is 5. The molecule has 1 N–H and O–H groups in total. The molecule has 24 heavy (non-hydrogen) atoms. The molecule has 0 amide bonds. The molecule has 6 nitrogen and oxygen atoms in total. The first-order valence-corrected chi connectivity index (χ1v) is 6.84. The van der Waals surface area contributed by atoms with Crippen molar-refractivity contribution in [2.24, 2.45) is 0 Å². The third-order valence-electron chi connectivity index (χ3n) is 3.58. The minimum atomic E-state index is -4.58. The van der Waals surface area contributed by atoms with Crippen molar-refractivity contribution in [2.75, 3.05) is 0 Å². The van der Waals surface area contributed by atoms with Gasteiger partial charge in [-0.3, -0.25) is 4.98 Å². The van der Waals surface area contributed by atoms with Crippen LogP contribution < -0.4 is 5.69 Å². The fourth-order valence-electron chi connectivity index (χ4n) is 2.52. The van der Waals surface area contributed by atoms with E-state index in [1.54, 1.807) is 24.3 Å². The highest BCUT2D eigenvalue weighted by Crippen LogP contribution is 2.35. The van der Waals surface area contributed by atoms with Crippen molar-refractivity contribution < 1.29 is 13.2 Å². The number of rotatable bonds is 1. The Balaban J connectivity index is 2.06. The molecule has 0 atom stereocenters. The fraction of sp³-hybridized carbons (Fsp3) is 0.0667. The molecule has 1 aromatic carbocycles. The van der Waals surface area contributed by atoms with Gasteiger partial charge in [-0.2, -0.15) is 17.7 Å². The number of halogens is 3. The van der Waals surface area contributed by atoms with E-state index in [9.17, 15) is 18.0 Å². The second kappa shape index (κ2) is 4.88. The van der Waals surface area contributed by atoms with Crippen LogP contribution in [-0.4, -0.2) is 24.6 Å². The van der Waals surface area contributed by atoms with Crippen LogP contribution in [0.15, 0.2) is 47.5 Å². The first-order valence-electron chi connectivity index (χ1n) is 6.84. The van der Waals surface area contributed by atoms with Crippen LogP contribution in [0.25, 0.3) is 27.9 Å². The maximum absolute atomic E-state index is 13.2. The van der Waals surface area contributed by atoms with Gasteiger partial charge >= 0.3 is 11.9 Å². The van der Waals surface area contributed by atoms with E-state index in [1.807, 2.05) is 0 Å². The molecule has 120 valence electrons. The monoisotopic (exact) mass is 331 g/mol. The van der Waals surface area contributed by atoms with E-state index in [4.69, 9.17) is 0 Å². The molecule has 3 heterocycles. The predicted octanol–water partition coefficient (Wildman–Crippen LogP) is 2.65. The van der Waals surface area contributed by atoms with Gasteiger partial charge in [0.1, 0.15) is 0 Å². The molecule has 0 aliphatic heterocycles. The third kappa shape index (κ3) is 2.13. The van der Waals surface area contributed by atoms with E-state index in [0.717, 1.165) is 23.0 Å². The standard InChI is InChI=1S/C15H8F3N5O/c16-15(17,18)10-5-6-19-7-9(10)12-21-13-8-3-1-2-4-11(8)20-14(24)23(13)22-12/h1-7H,(H,20,24). The maximum atomic E-state index is 13.2. The summed E-state index contributed by atoms with van der Waals surface area (Å²) in [6, 6.07) is 7.70. The summed E-state index contributed by atoms with van der Waals surface area (Å²) in [5, 5.41) is 4.51. The summed E-state index contributed by atoms with van der Waals surface area (Å²) in [5.41, 5.74) is -1.07. The smallest absolute Gasteiger partial charge is 0.305 e. The zero-order valence-electron chi connectivity index (χ0n) is 11.9. The molecule has 0 spiro atoms. The van der Waals surface area contributed by atoms with E-state index in [1.165, 1.54) is 0 Å². The lowest BCUT2D eigenvalue weighted by atomic mass is 10.1. The van der Waals surface area contributed by atoms with E-state index < -0.39 is 17.4 Å². The lowest BCUT2D eigenvalue weighted by Crippen LogP contribution is -2.17. The molecular weight excluding hydrogens is 323 g/mol. The van der Waals surface area contributed by atoms with Crippen molar-refractivity contribution in [1.29, 1.82) is 0 Å². The molecule has 4 aromatic rings. The third-order valence-corrected chi connectivity index (χ3v) is 3.58. The van der Waals surface area contributed by atoms with Gasteiger partial charge in [0, 0.05) is 17.8 Å². The number of alkyl halides is 3. The van der Waals surface area contributed by atoms with Gasteiger partial charge in [0.15, 0.2) is 11.5 Å². The van der Waals surface area contributed by atoms with E-state index in [-0.39, 0.29) is 17.0 Å². The average Bonchev–Trinajstić information content (AvgIpc) is 3.00. The second-order valence-electron chi connectivity index (χ2n) is 5.07. The van der Waals surface area contributed by atoms with Crippen LogP contribution >= 0.6 is 0 Å². The molecule has 0 bridgehead atoms. The Hall–Kier alpha value is -3.23. The van der Waals surface area contributed by atoms with Crippen LogP contribution in [0.5, 0.6) is 0 Å². The molecule has 0 unspecified atom stereocenters. The summed E-state index contributed by atoms with van der Waals surface area (Å²) < 4.78 is 40.4. The molecule has 3 aromatic heterocycles. The largest absolute Gasteiger partial charge is 0.417 e. The topological polar surface area (TPSA) is 75.9 Å². The zero-order chi connectivity index (χ0) is 16.9. The van der Waals surface area contributed by atoms with Crippen LogP contribution in [-0.2, 0) is 6.18 Å². The minimum absolute atomic E-state index is 0.182. The van der Waals surface area contributed by atoms with E-state index in [0.29, 0.717) is 10.9 Å². The van der Waals surface area contributed by atoms with Gasteiger partial charge in [-0.1, -0.05) is 12.1 Å². The van der Waals surface area contributed by atoms with E-state index in [2.05, 4.69) is 20.1 Å². The molecule has 0 aliphatic carbocycles. The van der Waals surface area contributed by atoms with Gasteiger partial charge in [-0.15, -0.1) is 5.10 Å². The van der Waals surface area contributed by atoms with Gasteiger partial charge in [0.2, 0.25) is 0 Å². The average molecular weight is 331 g/mol. The molecule has 0 radical (unpaired) electrons. The predicted molar refractivity (Wildman–Crippen MR) is 79.3 cm³/mol. The van der Waals surface area contributed by atoms with Gasteiger partial charge in [0.05, 0.1) is 16.6 Å². The number of hydrogen-bond donors (Lipinski definition) is 1. The van der Waals surface area contributed by atoms with Crippen LogP contribution in [0, 0.1) is 0 Å². The summed E-state index contributed by atoms with van der Waals surface area (Å²) in [6.07, 6.45) is -2.50. The van der Waals surface area contributed by atoms with Crippen LogP contribution in [0.3, 0.4) is 0 Å². The Morgan fingerprint density at radius 1 is 1.12 bits per heavy atom.